The lowest BCUT2D eigenvalue weighted by molar-refractivity contribution is -0.0887. The van der Waals surface area contributed by atoms with E-state index in [1.165, 1.54) is 22.2 Å². The van der Waals surface area contributed by atoms with Crippen LogP contribution < -0.4 is 5.32 Å². The largest absolute Gasteiger partial charge is 0.385 e. The first kappa shape index (κ1) is 18.9. The minimum absolute atomic E-state index is 0.0890. The van der Waals surface area contributed by atoms with Crippen molar-refractivity contribution in [1.29, 1.82) is 0 Å². The van der Waals surface area contributed by atoms with E-state index < -0.39 is 5.60 Å². The van der Waals surface area contributed by atoms with Crippen LogP contribution in [0.25, 0.3) is 10.9 Å². The minimum atomic E-state index is -0.790. The van der Waals surface area contributed by atoms with Gasteiger partial charge in [0.15, 0.2) is 0 Å². The molecule has 1 aromatic heterocycles. The lowest BCUT2D eigenvalue weighted by Crippen LogP contribution is -2.57. The predicted molar refractivity (Wildman–Crippen MR) is 118 cm³/mol. The summed E-state index contributed by atoms with van der Waals surface area (Å²) in [6, 6.07) is 18.9. The summed E-state index contributed by atoms with van der Waals surface area (Å²) in [5.41, 5.74) is 4.22. The minimum Gasteiger partial charge on any atom is -0.385 e. The molecule has 2 aliphatic rings. The third-order valence-corrected chi connectivity index (χ3v) is 7.19. The zero-order valence-electron chi connectivity index (χ0n) is 17.4. The van der Waals surface area contributed by atoms with Gasteiger partial charge in [-0.25, -0.2) is 0 Å². The highest BCUT2D eigenvalue weighted by Gasteiger charge is 2.51. The number of para-hydroxylation sites is 1. The Hall–Kier alpha value is -2.14. The molecule has 3 unspecified atom stereocenters. The Morgan fingerprint density at radius 2 is 1.79 bits per heavy atom. The number of benzene rings is 2. The normalized spacial score (nSPS) is 29.4. The Morgan fingerprint density at radius 3 is 2.59 bits per heavy atom. The fourth-order valence-electron chi connectivity index (χ4n) is 5.83. The number of H-pyrrole nitrogens is 1. The standard InChI is InChI=1S/C25H31N3O/c1-28(2)17-19-16-24(13-14-25(19,29)18-8-4-3-5-9-18)23-21(12-15-26-24)20-10-6-7-11-22(20)27-23/h3-11,19,26-27,29H,12-17H2,1-2H3. The van der Waals surface area contributed by atoms with Crippen molar-refractivity contribution in [2.45, 2.75) is 36.8 Å². The van der Waals surface area contributed by atoms with Crippen LogP contribution in [-0.4, -0.2) is 42.2 Å². The molecule has 1 fully saturated rings. The van der Waals surface area contributed by atoms with Gasteiger partial charge in [-0.05, 0) is 57.0 Å². The summed E-state index contributed by atoms with van der Waals surface area (Å²) in [5.74, 6) is 0.151. The van der Waals surface area contributed by atoms with Crippen molar-refractivity contribution in [3.05, 3.63) is 71.4 Å². The molecule has 5 rings (SSSR count). The Morgan fingerprint density at radius 1 is 1.03 bits per heavy atom. The van der Waals surface area contributed by atoms with Crippen molar-refractivity contribution >= 4 is 10.9 Å². The number of fused-ring (bicyclic) bond motifs is 4. The van der Waals surface area contributed by atoms with Crippen LogP contribution in [0.5, 0.6) is 0 Å². The molecule has 0 bridgehead atoms. The monoisotopic (exact) mass is 389 g/mol. The maximum absolute atomic E-state index is 11.9. The summed E-state index contributed by atoms with van der Waals surface area (Å²) in [4.78, 5) is 5.97. The summed E-state index contributed by atoms with van der Waals surface area (Å²) in [7, 11) is 4.21. The lowest BCUT2D eigenvalue weighted by atomic mass is 9.62. The van der Waals surface area contributed by atoms with Crippen molar-refractivity contribution < 1.29 is 5.11 Å². The highest BCUT2D eigenvalue weighted by Crippen LogP contribution is 2.51. The zero-order valence-corrected chi connectivity index (χ0v) is 17.4. The third kappa shape index (κ3) is 3.02. The first-order valence-corrected chi connectivity index (χ1v) is 10.8. The summed E-state index contributed by atoms with van der Waals surface area (Å²) < 4.78 is 0. The van der Waals surface area contributed by atoms with Gasteiger partial charge in [0, 0.05) is 35.6 Å². The molecule has 1 aliphatic heterocycles. The number of rotatable bonds is 3. The average Bonchev–Trinajstić information content (AvgIpc) is 3.12. The van der Waals surface area contributed by atoms with Gasteiger partial charge >= 0.3 is 0 Å². The summed E-state index contributed by atoms with van der Waals surface area (Å²) in [5, 5.41) is 17.1. The molecule has 1 saturated carbocycles. The van der Waals surface area contributed by atoms with Crippen molar-refractivity contribution in [2.24, 2.45) is 5.92 Å². The van der Waals surface area contributed by atoms with E-state index in [-0.39, 0.29) is 11.5 Å². The second-order valence-electron chi connectivity index (χ2n) is 9.24. The molecule has 1 spiro atoms. The summed E-state index contributed by atoms with van der Waals surface area (Å²) >= 11 is 0. The molecule has 0 amide bonds. The Kier molecular flexibility index (Phi) is 4.54. The van der Waals surface area contributed by atoms with E-state index in [9.17, 15) is 5.11 Å². The molecular weight excluding hydrogens is 358 g/mol. The molecule has 4 heteroatoms. The quantitative estimate of drug-likeness (QED) is 0.639. The Labute approximate surface area is 172 Å². The van der Waals surface area contributed by atoms with Crippen molar-refractivity contribution in [3.8, 4) is 0 Å². The van der Waals surface area contributed by atoms with Crippen LogP contribution in [0, 0.1) is 5.92 Å². The number of hydrogen-bond donors (Lipinski definition) is 3. The van der Waals surface area contributed by atoms with E-state index in [2.05, 4.69) is 65.7 Å². The molecule has 2 aromatic carbocycles. The van der Waals surface area contributed by atoms with Gasteiger partial charge in [0.25, 0.3) is 0 Å². The van der Waals surface area contributed by atoms with Crippen molar-refractivity contribution in [1.82, 2.24) is 15.2 Å². The van der Waals surface area contributed by atoms with Crippen LogP contribution in [0.1, 0.15) is 36.1 Å². The number of aromatic nitrogens is 1. The van der Waals surface area contributed by atoms with Crippen LogP contribution >= 0.6 is 0 Å². The first-order valence-electron chi connectivity index (χ1n) is 10.8. The zero-order chi connectivity index (χ0) is 20.1. The van der Waals surface area contributed by atoms with Gasteiger partial charge in [-0.2, -0.15) is 0 Å². The van der Waals surface area contributed by atoms with E-state index in [0.717, 1.165) is 44.3 Å². The highest BCUT2D eigenvalue weighted by atomic mass is 16.3. The Balaban J connectivity index is 1.58. The van der Waals surface area contributed by atoms with Gasteiger partial charge in [0.1, 0.15) is 0 Å². The van der Waals surface area contributed by atoms with Crippen molar-refractivity contribution in [2.75, 3.05) is 27.2 Å². The first-order chi connectivity index (χ1) is 14.0. The van der Waals surface area contributed by atoms with Crippen LogP contribution in [0.4, 0.5) is 0 Å². The van der Waals surface area contributed by atoms with Gasteiger partial charge in [-0.3, -0.25) is 0 Å². The molecule has 0 radical (unpaired) electrons. The highest BCUT2D eigenvalue weighted by molar-refractivity contribution is 5.85. The molecular formula is C25H31N3O. The number of nitrogens with zero attached hydrogens (tertiary/aromatic N) is 1. The maximum atomic E-state index is 11.9. The van der Waals surface area contributed by atoms with E-state index in [4.69, 9.17) is 0 Å². The van der Waals surface area contributed by atoms with Gasteiger partial charge in [-0.1, -0.05) is 48.5 Å². The summed E-state index contributed by atoms with van der Waals surface area (Å²) in [6.45, 7) is 1.86. The summed E-state index contributed by atoms with van der Waals surface area (Å²) in [6.07, 6.45) is 3.68. The van der Waals surface area contributed by atoms with Gasteiger partial charge < -0.3 is 20.3 Å². The molecule has 2 heterocycles. The number of aromatic amines is 1. The topological polar surface area (TPSA) is 51.3 Å². The number of nitrogens with one attached hydrogen (secondary N) is 2. The van der Waals surface area contributed by atoms with Gasteiger partial charge in [0.2, 0.25) is 0 Å². The number of hydrogen-bond acceptors (Lipinski definition) is 3. The molecule has 29 heavy (non-hydrogen) atoms. The molecule has 3 atom stereocenters. The maximum Gasteiger partial charge on any atom is 0.0938 e. The van der Waals surface area contributed by atoms with E-state index in [1.54, 1.807) is 0 Å². The molecule has 152 valence electrons. The lowest BCUT2D eigenvalue weighted by Gasteiger charge is -2.51. The fourth-order valence-corrected chi connectivity index (χ4v) is 5.83. The molecule has 3 aromatic rings. The van der Waals surface area contributed by atoms with Crippen LogP contribution in [-0.2, 0) is 17.6 Å². The smallest absolute Gasteiger partial charge is 0.0938 e. The van der Waals surface area contributed by atoms with E-state index in [1.807, 2.05) is 18.2 Å². The van der Waals surface area contributed by atoms with Gasteiger partial charge in [-0.15, -0.1) is 0 Å². The second-order valence-corrected chi connectivity index (χ2v) is 9.24. The molecule has 3 N–H and O–H groups in total. The van der Waals surface area contributed by atoms with E-state index >= 15 is 0 Å². The molecule has 0 saturated heterocycles. The Bertz CT molecular complexity index is 1010. The predicted octanol–water partition coefficient (Wildman–Crippen LogP) is 3.76. The van der Waals surface area contributed by atoms with Crippen LogP contribution in [0.2, 0.25) is 0 Å². The van der Waals surface area contributed by atoms with Crippen LogP contribution in [0.15, 0.2) is 54.6 Å². The van der Waals surface area contributed by atoms with Gasteiger partial charge in [0.05, 0.1) is 11.1 Å². The molecule has 1 aliphatic carbocycles. The third-order valence-electron chi connectivity index (χ3n) is 7.19. The van der Waals surface area contributed by atoms with E-state index in [0.29, 0.717) is 0 Å². The SMILES string of the molecule is CN(C)CC1CC2(CCC1(O)c1ccccc1)NCCc1c2[nH]c2ccccc12. The van der Waals surface area contributed by atoms with Crippen LogP contribution in [0.3, 0.4) is 0 Å². The second kappa shape index (κ2) is 6.98. The fraction of sp³-hybridized carbons (Fsp3) is 0.440. The average molecular weight is 390 g/mol. The molecule has 4 nitrogen and oxygen atoms in total. The number of aliphatic hydroxyl groups is 1. The van der Waals surface area contributed by atoms with Crippen molar-refractivity contribution in [3.63, 3.8) is 0 Å².